The van der Waals surface area contributed by atoms with Gasteiger partial charge in [-0.1, -0.05) is 41.9 Å². The summed E-state index contributed by atoms with van der Waals surface area (Å²) in [6.45, 7) is 1.55. The zero-order chi connectivity index (χ0) is 27.6. The van der Waals surface area contributed by atoms with Crippen molar-refractivity contribution in [3.63, 3.8) is 0 Å². The molecular weight excluding hydrogens is 526 g/mol. The van der Waals surface area contributed by atoms with Gasteiger partial charge in [0, 0.05) is 18.4 Å². The first-order valence-electron chi connectivity index (χ1n) is 11.7. The number of benzene rings is 2. The normalized spacial score (nSPS) is 17.7. The predicted molar refractivity (Wildman–Crippen MR) is 134 cm³/mol. The van der Waals surface area contributed by atoms with Crippen molar-refractivity contribution in [3.05, 3.63) is 88.3 Å². The van der Waals surface area contributed by atoms with Crippen molar-refractivity contribution < 1.29 is 31.9 Å². The van der Waals surface area contributed by atoms with Gasteiger partial charge in [-0.25, -0.2) is 9.37 Å². The Morgan fingerprint density at radius 1 is 1.16 bits per heavy atom. The maximum absolute atomic E-state index is 13.7. The molecular formula is C27H24ClF4N3O3. The number of nitrogens with zero attached hydrogens (tertiary/aromatic N) is 3. The molecule has 1 saturated heterocycles. The summed E-state index contributed by atoms with van der Waals surface area (Å²) in [7, 11) is 1.42. The standard InChI is InChI=1S/C27H24ClF4N3O3/c1-16-10-19(27(30,31)32)12-24(33-16)35-23(26(37)34(2)20-8-9-22(29)21(28)13-20)11-18(25(35)36)15-38-14-17-6-4-3-5-7-17/h3-10,12-13,18,23H,11,14-15H2,1-2H3/t18-,23+/m1/s1. The van der Waals surface area contributed by atoms with Crippen LogP contribution < -0.4 is 9.80 Å². The molecule has 2 aromatic carbocycles. The molecule has 0 aliphatic carbocycles. The number of aromatic nitrogens is 1. The molecule has 1 fully saturated rings. The van der Waals surface area contributed by atoms with Gasteiger partial charge in [-0.3, -0.25) is 14.5 Å². The van der Waals surface area contributed by atoms with Gasteiger partial charge in [0.25, 0.3) is 0 Å². The number of likely N-dealkylation sites (N-methyl/N-ethyl adjacent to an activating group) is 1. The van der Waals surface area contributed by atoms with Crippen molar-refractivity contribution in [2.45, 2.75) is 32.2 Å². The van der Waals surface area contributed by atoms with Gasteiger partial charge in [0.2, 0.25) is 11.8 Å². The topological polar surface area (TPSA) is 62.7 Å². The fourth-order valence-corrected chi connectivity index (χ4v) is 4.50. The molecule has 2 amide bonds. The fourth-order valence-electron chi connectivity index (χ4n) is 4.32. The number of rotatable bonds is 7. The fraction of sp³-hybridized carbons (Fsp3) is 0.296. The number of halogens is 5. The lowest BCUT2D eigenvalue weighted by Crippen LogP contribution is -2.46. The van der Waals surface area contributed by atoms with Crippen molar-refractivity contribution >= 4 is 34.9 Å². The van der Waals surface area contributed by atoms with E-state index in [0.29, 0.717) is 0 Å². The molecule has 2 heterocycles. The van der Waals surface area contributed by atoms with Crippen LogP contribution in [0.4, 0.5) is 29.1 Å². The number of amides is 2. The summed E-state index contributed by atoms with van der Waals surface area (Å²) in [6.07, 6.45) is -4.69. The Morgan fingerprint density at radius 3 is 2.53 bits per heavy atom. The molecule has 200 valence electrons. The minimum Gasteiger partial charge on any atom is -0.376 e. The zero-order valence-corrected chi connectivity index (χ0v) is 21.3. The van der Waals surface area contributed by atoms with E-state index in [9.17, 15) is 27.2 Å². The zero-order valence-electron chi connectivity index (χ0n) is 20.5. The van der Waals surface area contributed by atoms with Crippen LogP contribution in [0.15, 0.2) is 60.7 Å². The summed E-state index contributed by atoms with van der Waals surface area (Å²) >= 11 is 5.87. The molecule has 0 unspecified atom stereocenters. The van der Waals surface area contributed by atoms with Crippen molar-refractivity contribution in [1.29, 1.82) is 0 Å². The molecule has 0 radical (unpaired) electrons. The third-order valence-electron chi connectivity index (χ3n) is 6.26. The Bertz CT molecular complexity index is 1340. The Hall–Kier alpha value is -3.50. The van der Waals surface area contributed by atoms with E-state index in [4.69, 9.17) is 16.3 Å². The van der Waals surface area contributed by atoms with Gasteiger partial charge < -0.3 is 9.64 Å². The summed E-state index contributed by atoms with van der Waals surface area (Å²) in [4.78, 5) is 33.4. The highest BCUT2D eigenvalue weighted by atomic mass is 35.5. The highest BCUT2D eigenvalue weighted by Gasteiger charge is 2.46. The predicted octanol–water partition coefficient (Wildman–Crippen LogP) is 5.80. The third-order valence-corrected chi connectivity index (χ3v) is 6.55. The number of carbonyl (C=O) groups excluding carboxylic acids is 2. The number of hydrogen-bond donors (Lipinski definition) is 0. The third kappa shape index (κ3) is 5.97. The number of carbonyl (C=O) groups is 2. The Kier molecular flexibility index (Phi) is 8.03. The van der Waals surface area contributed by atoms with E-state index in [1.165, 1.54) is 31.0 Å². The van der Waals surface area contributed by atoms with Crippen LogP contribution in [0.3, 0.4) is 0 Å². The largest absolute Gasteiger partial charge is 0.416 e. The van der Waals surface area contributed by atoms with E-state index < -0.39 is 41.3 Å². The van der Waals surface area contributed by atoms with Gasteiger partial charge in [0.1, 0.15) is 17.7 Å². The van der Waals surface area contributed by atoms with Crippen LogP contribution in [0.1, 0.15) is 23.2 Å². The van der Waals surface area contributed by atoms with E-state index in [-0.39, 0.29) is 41.9 Å². The lowest BCUT2D eigenvalue weighted by Gasteiger charge is -2.28. The van der Waals surface area contributed by atoms with Crippen molar-refractivity contribution in [3.8, 4) is 0 Å². The highest BCUT2D eigenvalue weighted by molar-refractivity contribution is 6.31. The second-order valence-corrected chi connectivity index (χ2v) is 9.41. The van der Waals surface area contributed by atoms with Gasteiger partial charge in [-0.2, -0.15) is 13.2 Å². The molecule has 0 saturated carbocycles. The molecule has 2 atom stereocenters. The maximum atomic E-state index is 13.7. The average Bonchev–Trinajstić information content (AvgIpc) is 3.20. The highest BCUT2D eigenvalue weighted by Crippen LogP contribution is 2.36. The molecule has 3 aromatic rings. The Labute approximate surface area is 221 Å². The molecule has 6 nitrogen and oxygen atoms in total. The quantitative estimate of drug-likeness (QED) is 0.349. The van der Waals surface area contributed by atoms with Crippen LogP contribution in [-0.4, -0.2) is 36.5 Å². The second-order valence-electron chi connectivity index (χ2n) is 9.01. The van der Waals surface area contributed by atoms with Gasteiger partial charge >= 0.3 is 6.18 Å². The lowest BCUT2D eigenvalue weighted by molar-refractivity contribution is -0.137. The minimum absolute atomic E-state index is 0.0112. The summed E-state index contributed by atoms with van der Waals surface area (Å²) < 4.78 is 60.0. The number of hydrogen-bond acceptors (Lipinski definition) is 4. The first-order valence-corrected chi connectivity index (χ1v) is 12.1. The molecule has 4 rings (SSSR count). The van der Waals surface area contributed by atoms with Gasteiger partial charge in [0.05, 0.1) is 29.7 Å². The summed E-state index contributed by atoms with van der Waals surface area (Å²) in [5.74, 6) is -2.92. The van der Waals surface area contributed by atoms with E-state index in [1.807, 2.05) is 30.3 Å². The molecule has 11 heteroatoms. The van der Waals surface area contributed by atoms with Crippen LogP contribution in [0, 0.1) is 18.7 Å². The summed E-state index contributed by atoms with van der Waals surface area (Å²) in [5, 5.41) is -0.205. The van der Waals surface area contributed by atoms with Crippen molar-refractivity contribution in [2.75, 3.05) is 23.5 Å². The van der Waals surface area contributed by atoms with E-state index in [0.717, 1.165) is 28.7 Å². The second kappa shape index (κ2) is 11.1. The number of alkyl halides is 3. The molecule has 38 heavy (non-hydrogen) atoms. The van der Waals surface area contributed by atoms with Gasteiger partial charge in [0.15, 0.2) is 0 Å². The van der Waals surface area contributed by atoms with Gasteiger partial charge in [-0.05, 0) is 49.2 Å². The molecule has 0 N–H and O–H groups in total. The number of aryl methyl sites for hydroxylation is 1. The smallest absolute Gasteiger partial charge is 0.376 e. The monoisotopic (exact) mass is 549 g/mol. The van der Waals surface area contributed by atoms with Crippen LogP contribution in [0.5, 0.6) is 0 Å². The summed E-state index contributed by atoms with van der Waals surface area (Å²) in [6, 6.07) is 13.4. The summed E-state index contributed by atoms with van der Waals surface area (Å²) in [5.41, 5.74) is 0.189. The average molecular weight is 550 g/mol. The van der Waals surface area contributed by atoms with Crippen molar-refractivity contribution in [1.82, 2.24) is 4.98 Å². The molecule has 1 aliphatic heterocycles. The van der Waals surface area contributed by atoms with Crippen LogP contribution in [0.25, 0.3) is 0 Å². The Balaban J connectivity index is 1.65. The van der Waals surface area contributed by atoms with E-state index >= 15 is 0 Å². The molecule has 1 aromatic heterocycles. The SMILES string of the molecule is Cc1cc(C(F)(F)F)cc(N2C(=O)[C@@H](COCc3ccccc3)C[C@H]2C(=O)N(C)c2ccc(F)c(Cl)c2)n1. The molecule has 1 aliphatic rings. The van der Waals surface area contributed by atoms with Gasteiger partial charge in [-0.15, -0.1) is 0 Å². The number of ether oxygens (including phenoxy) is 1. The van der Waals surface area contributed by atoms with Crippen molar-refractivity contribution in [2.24, 2.45) is 5.92 Å². The van der Waals surface area contributed by atoms with E-state index in [1.54, 1.807) is 0 Å². The lowest BCUT2D eigenvalue weighted by atomic mass is 10.1. The first-order chi connectivity index (χ1) is 18.0. The van der Waals surface area contributed by atoms with Crippen LogP contribution in [0.2, 0.25) is 5.02 Å². The minimum atomic E-state index is -4.68. The maximum Gasteiger partial charge on any atom is 0.416 e. The van der Waals surface area contributed by atoms with Crippen LogP contribution in [-0.2, 0) is 27.1 Å². The van der Waals surface area contributed by atoms with E-state index in [2.05, 4.69) is 4.98 Å². The number of pyridine rings is 1. The van der Waals surface area contributed by atoms with Crippen LogP contribution >= 0.6 is 11.6 Å². The molecule has 0 bridgehead atoms. The molecule has 0 spiro atoms. The Morgan fingerprint density at radius 2 is 1.87 bits per heavy atom. The first kappa shape index (κ1) is 27.5. The number of anilines is 2.